The maximum absolute atomic E-state index is 12.5. The largest absolute Gasteiger partial charge is 0.489 e. The second-order valence-corrected chi connectivity index (χ2v) is 6.57. The first-order valence-corrected chi connectivity index (χ1v) is 8.13. The zero-order valence-electron chi connectivity index (χ0n) is 12.9. The summed E-state index contributed by atoms with van der Waals surface area (Å²) in [4.78, 5) is 14.9. The summed E-state index contributed by atoms with van der Waals surface area (Å²) < 4.78 is 5.56. The molecule has 3 aliphatic heterocycles. The lowest BCUT2D eigenvalue weighted by atomic mass is 9.96. The highest BCUT2D eigenvalue weighted by Crippen LogP contribution is 2.31. The molecule has 1 N–H and O–H groups in total. The molecule has 2 saturated heterocycles. The molecule has 0 radical (unpaired) electrons. The van der Waals surface area contributed by atoms with E-state index in [1.54, 1.807) is 24.3 Å². The van der Waals surface area contributed by atoms with Crippen molar-refractivity contribution in [2.24, 2.45) is 5.92 Å². The van der Waals surface area contributed by atoms with E-state index in [9.17, 15) is 4.79 Å². The SMILES string of the molecule is N#CC1=CCOc2cc(C(=O)N[C@@H]3C[C@H]4CCN(C4)C3)ccc21. The Kier molecular flexibility index (Phi) is 3.55. The van der Waals surface area contributed by atoms with Crippen LogP contribution in [-0.2, 0) is 0 Å². The normalized spacial score (nSPS) is 28.1. The molecule has 118 valence electrons. The maximum atomic E-state index is 12.5. The van der Waals surface area contributed by atoms with Crippen LogP contribution >= 0.6 is 0 Å². The van der Waals surface area contributed by atoms with Gasteiger partial charge in [-0.25, -0.2) is 0 Å². The summed E-state index contributed by atoms with van der Waals surface area (Å²) in [5, 5.41) is 12.3. The number of hydrogen-bond acceptors (Lipinski definition) is 4. The molecule has 3 heterocycles. The highest BCUT2D eigenvalue weighted by Gasteiger charge is 2.33. The maximum Gasteiger partial charge on any atom is 0.251 e. The summed E-state index contributed by atoms with van der Waals surface area (Å²) in [5.74, 6) is 1.28. The van der Waals surface area contributed by atoms with Gasteiger partial charge in [-0.1, -0.05) is 0 Å². The summed E-state index contributed by atoms with van der Waals surface area (Å²) in [6.45, 7) is 3.67. The molecule has 0 aliphatic carbocycles. The van der Waals surface area contributed by atoms with Crippen LogP contribution < -0.4 is 10.1 Å². The number of nitriles is 1. The zero-order chi connectivity index (χ0) is 15.8. The highest BCUT2D eigenvalue weighted by atomic mass is 16.5. The minimum atomic E-state index is -0.0584. The van der Waals surface area contributed by atoms with Crippen LogP contribution in [0.1, 0.15) is 28.8 Å². The van der Waals surface area contributed by atoms with Crippen molar-refractivity contribution in [2.75, 3.05) is 26.2 Å². The Labute approximate surface area is 135 Å². The van der Waals surface area contributed by atoms with Gasteiger partial charge in [0.05, 0.1) is 11.6 Å². The van der Waals surface area contributed by atoms with Crippen molar-refractivity contribution in [3.63, 3.8) is 0 Å². The predicted octanol–water partition coefficient (Wildman–Crippen LogP) is 1.81. The predicted molar refractivity (Wildman–Crippen MR) is 85.9 cm³/mol. The van der Waals surface area contributed by atoms with E-state index < -0.39 is 0 Å². The Balaban J connectivity index is 1.49. The lowest BCUT2D eigenvalue weighted by molar-refractivity contribution is 0.0909. The van der Waals surface area contributed by atoms with Crippen molar-refractivity contribution >= 4 is 11.5 Å². The number of benzene rings is 1. The number of nitrogens with one attached hydrogen (secondary N) is 1. The van der Waals surface area contributed by atoms with E-state index in [0.29, 0.717) is 23.5 Å². The minimum absolute atomic E-state index is 0.0584. The van der Waals surface area contributed by atoms with E-state index in [2.05, 4.69) is 16.3 Å². The van der Waals surface area contributed by atoms with E-state index in [0.717, 1.165) is 31.0 Å². The lowest BCUT2D eigenvalue weighted by Gasteiger charge is -2.30. The summed E-state index contributed by atoms with van der Waals surface area (Å²) in [6.07, 6.45) is 4.08. The average molecular weight is 309 g/mol. The van der Waals surface area contributed by atoms with Gasteiger partial charge in [0.1, 0.15) is 12.4 Å². The molecular formula is C18H19N3O2. The van der Waals surface area contributed by atoms with Crippen molar-refractivity contribution in [3.05, 3.63) is 35.4 Å². The van der Waals surface area contributed by atoms with Gasteiger partial charge in [-0.2, -0.15) is 5.26 Å². The molecule has 5 nitrogen and oxygen atoms in total. The molecule has 1 aromatic rings. The van der Waals surface area contributed by atoms with Crippen LogP contribution in [0.25, 0.3) is 5.57 Å². The van der Waals surface area contributed by atoms with Crippen molar-refractivity contribution < 1.29 is 9.53 Å². The number of fused-ring (bicyclic) bond motifs is 3. The van der Waals surface area contributed by atoms with Gasteiger partial charge in [0.25, 0.3) is 5.91 Å². The molecule has 2 fully saturated rings. The first-order valence-electron chi connectivity index (χ1n) is 8.13. The Morgan fingerprint density at radius 3 is 3.13 bits per heavy atom. The fraction of sp³-hybridized carbons (Fsp3) is 0.444. The standard InChI is InChI=1S/C18H19N3O2/c19-9-14-4-6-23-17-8-13(1-2-16(14)17)18(22)20-15-7-12-3-5-21(10-12)11-15/h1-2,4,8,12,15H,3,5-7,10-11H2,(H,20,22)/t12-,15-/m1/s1. The monoisotopic (exact) mass is 309 g/mol. The number of piperidine rings is 1. The Morgan fingerprint density at radius 1 is 1.39 bits per heavy atom. The molecule has 2 bridgehead atoms. The molecule has 23 heavy (non-hydrogen) atoms. The molecular weight excluding hydrogens is 290 g/mol. The Morgan fingerprint density at radius 2 is 2.30 bits per heavy atom. The number of rotatable bonds is 2. The number of hydrogen-bond donors (Lipinski definition) is 1. The number of carbonyl (C=O) groups is 1. The summed E-state index contributed by atoms with van der Waals surface area (Å²) in [7, 11) is 0. The molecule has 1 amide bonds. The average Bonchev–Trinajstić information content (AvgIpc) is 2.92. The van der Waals surface area contributed by atoms with E-state index in [-0.39, 0.29) is 11.9 Å². The van der Waals surface area contributed by atoms with Gasteiger partial charge in [0.15, 0.2) is 0 Å². The molecule has 5 heteroatoms. The molecule has 0 saturated carbocycles. The third kappa shape index (κ3) is 2.71. The molecule has 3 atom stereocenters. The Hall–Kier alpha value is -2.32. The first-order chi connectivity index (χ1) is 11.2. The van der Waals surface area contributed by atoms with Gasteiger partial charge in [-0.05, 0) is 49.6 Å². The van der Waals surface area contributed by atoms with Gasteiger partial charge in [0.2, 0.25) is 0 Å². The number of allylic oxidation sites excluding steroid dienone is 1. The van der Waals surface area contributed by atoms with Crippen LogP contribution in [0.5, 0.6) is 5.75 Å². The van der Waals surface area contributed by atoms with Crippen LogP contribution in [0.4, 0.5) is 0 Å². The molecule has 3 aliphatic rings. The molecule has 0 spiro atoms. The smallest absolute Gasteiger partial charge is 0.251 e. The Bertz CT molecular complexity index is 707. The van der Waals surface area contributed by atoms with Crippen molar-refractivity contribution in [3.8, 4) is 11.8 Å². The number of ether oxygens (including phenoxy) is 1. The van der Waals surface area contributed by atoms with Gasteiger partial charge in [-0.3, -0.25) is 4.79 Å². The summed E-state index contributed by atoms with van der Waals surface area (Å²) in [5.41, 5.74) is 1.96. The van der Waals surface area contributed by atoms with E-state index in [1.807, 2.05) is 0 Å². The molecule has 1 aromatic carbocycles. The third-order valence-electron chi connectivity index (χ3n) is 4.98. The number of amides is 1. The zero-order valence-corrected chi connectivity index (χ0v) is 12.9. The molecule has 1 unspecified atom stereocenters. The van der Waals surface area contributed by atoms with Crippen LogP contribution in [-0.4, -0.2) is 43.1 Å². The lowest BCUT2D eigenvalue weighted by Crippen LogP contribution is -2.47. The van der Waals surface area contributed by atoms with E-state index >= 15 is 0 Å². The fourth-order valence-corrected chi connectivity index (χ4v) is 3.87. The topological polar surface area (TPSA) is 65.4 Å². The van der Waals surface area contributed by atoms with Gasteiger partial charge >= 0.3 is 0 Å². The van der Waals surface area contributed by atoms with Gasteiger partial charge in [-0.15, -0.1) is 0 Å². The number of carbonyl (C=O) groups excluding carboxylic acids is 1. The van der Waals surface area contributed by atoms with Crippen molar-refractivity contribution in [1.29, 1.82) is 5.26 Å². The highest BCUT2D eigenvalue weighted by molar-refractivity contribution is 5.96. The first kappa shape index (κ1) is 14.3. The molecule has 4 rings (SSSR count). The third-order valence-corrected chi connectivity index (χ3v) is 4.98. The quantitative estimate of drug-likeness (QED) is 0.905. The molecule has 0 aromatic heterocycles. The van der Waals surface area contributed by atoms with E-state index in [1.165, 1.54) is 13.0 Å². The second-order valence-electron chi connectivity index (χ2n) is 6.57. The summed E-state index contributed by atoms with van der Waals surface area (Å²) in [6, 6.07) is 7.71. The van der Waals surface area contributed by atoms with Crippen LogP contribution in [0.3, 0.4) is 0 Å². The fourth-order valence-electron chi connectivity index (χ4n) is 3.87. The van der Waals surface area contributed by atoms with Crippen LogP contribution in [0.2, 0.25) is 0 Å². The van der Waals surface area contributed by atoms with Crippen molar-refractivity contribution in [2.45, 2.75) is 18.9 Å². The van der Waals surface area contributed by atoms with E-state index in [4.69, 9.17) is 10.00 Å². The van der Waals surface area contributed by atoms with Crippen molar-refractivity contribution in [1.82, 2.24) is 10.2 Å². The van der Waals surface area contributed by atoms with Gasteiger partial charge in [0, 0.05) is 30.3 Å². The minimum Gasteiger partial charge on any atom is -0.489 e. The second kappa shape index (κ2) is 5.71. The van der Waals surface area contributed by atoms with Crippen LogP contribution in [0.15, 0.2) is 24.3 Å². The summed E-state index contributed by atoms with van der Waals surface area (Å²) >= 11 is 0. The van der Waals surface area contributed by atoms with Gasteiger partial charge < -0.3 is 15.0 Å². The number of nitrogens with zero attached hydrogens (tertiary/aromatic N) is 2. The van der Waals surface area contributed by atoms with Crippen LogP contribution in [0, 0.1) is 17.2 Å².